The van der Waals surface area contributed by atoms with E-state index in [2.05, 4.69) is 20.4 Å². The van der Waals surface area contributed by atoms with E-state index in [9.17, 15) is 27.2 Å². The number of carbonyl (C=O) groups excluding carboxylic acids is 2. The maximum Gasteiger partial charge on any atom is 0.280 e. The molecule has 0 aliphatic heterocycles. The highest BCUT2D eigenvalue weighted by atomic mass is 32.1. The second-order valence-electron chi connectivity index (χ2n) is 9.00. The molecule has 186 valence electrons. The van der Waals surface area contributed by atoms with Crippen molar-refractivity contribution in [3.63, 3.8) is 0 Å². The SMILES string of the molecule is NC(=O)c1sc2nc(C(F)F)cc(C3CC3)c2c1NC(=O)c1cc2nc(C3CC3)cc(C(F)F)n2n1. The molecular formula is C23H18F4N6O2S. The maximum absolute atomic E-state index is 13.7. The molecule has 6 rings (SSSR count). The van der Waals surface area contributed by atoms with Gasteiger partial charge in [0.1, 0.15) is 21.1 Å². The lowest BCUT2D eigenvalue weighted by molar-refractivity contribution is 0.100. The zero-order chi connectivity index (χ0) is 25.3. The monoisotopic (exact) mass is 518 g/mol. The molecule has 0 aromatic carbocycles. The van der Waals surface area contributed by atoms with Gasteiger partial charge in [0.15, 0.2) is 11.3 Å². The van der Waals surface area contributed by atoms with Crippen LogP contribution < -0.4 is 11.1 Å². The first-order valence-electron chi connectivity index (χ1n) is 11.3. The molecule has 0 radical (unpaired) electrons. The molecule has 0 atom stereocenters. The van der Waals surface area contributed by atoms with Gasteiger partial charge in [-0.15, -0.1) is 11.3 Å². The number of hydrogen-bond acceptors (Lipinski definition) is 6. The molecular weight excluding hydrogens is 500 g/mol. The number of alkyl halides is 4. The summed E-state index contributed by atoms with van der Waals surface area (Å²) in [5.41, 5.74) is 5.78. The molecule has 3 N–H and O–H groups in total. The van der Waals surface area contributed by atoms with Crippen LogP contribution in [0.4, 0.5) is 23.2 Å². The summed E-state index contributed by atoms with van der Waals surface area (Å²) in [6.07, 6.45) is -2.37. The van der Waals surface area contributed by atoms with Gasteiger partial charge in [-0.3, -0.25) is 9.59 Å². The van der Waals surface area contributed by atoms with Crippen LogP contribution in [-0.4, -0.2) is 31.4 Å². The molecule has 2 amide bonds. The van der Waals surface area contributed by atoms with Gasteiger partial charge in [0.25, 0.3) is 24.7 Å². The number of nitrogens with zero attached hydrogens (tertiary/aromatic N) is 4. The minimum absolute atomic E-state index is 0.00665. The molecule has 0 bridgehead atoms. The zero-order valence-corrected chi connectivity index (χ0v) is 19.3. The number of thiophene rings is 1. The quantitative estimate of drug-likeness (QED) is 0.321. The highest BCUT2D eigenvalue weighted by molar-refractivity contribution is 7.21. The first-order chi connectivity index (χ1) is 17.2. The Morgan fingerprint density at radius 3 is 2.36 bits per heavy atom. The Balaban J connectivity index is 1.44. The van der Waals surface area contributed by atoms with E-state index in [0.29, 0.717) is 16.6 Å². The van der Waals surface area contributed by atoms with Gasteiger partial charge in [-0.05, 0) is 49.3 Å². The van der Waals surface area contributed by atoms with Crippen LogP contribution in [0.15, 0.2) is 18.2 Å². The summed E-state index contributed by atoms with van der Waals surface area (Å²) in [4.78, 5) is 33.9. The number of rotatable bonds is 7. The minimum atomic E-state index is -2.83. The van der Waals surface area contributed by atoms with Crippen molar-refractivity contribution in [1.82, 2.24) is 19.6 Å². The van der Waals surface area contributed by atoms with Crippen LogP contribution in [0.3, 0.4) is 0 Å². The number of amides is 2. The van der Waals surface area contributed by atoms with E-state index in [1.54, 1.807) is 0 Å². The smallest absolute Gasteiger partial charge is 0.280 e. The van der Waals surface area contributed by atoms with Crippen molar-refractivity contribution in [3.8, 4) is 0 Å². The first-order valence-corrected chi connectivity index (χ1v) is 12.1. The van der Waals surface area contributed by atoms with Gasteiger partial charge in [-0.2, -0.15) is 5.10 Å². The standard InChI is InChI=1S/C23H18F4N6O2S/c24-19(25)12-5-10(8-1-2-8)16-17(18(21(28)34)36-23(16)30-12)31-22(35)13-7-15-29-11(9-3-4-9)6-14(20(26)27)33(15)32-13/h5-9,19-20H,1-4H2,(H2,28,34)(H,31,35). The van der Waals surface area contributed by atoms with Crippen LogP contribution in [0.1, 0.15) is 93.2 Å². The Labute approximate surface area is 204 Å². The van der Waals surface area contributed by atoms with Gasteiger partial charge in [0.2, 0.25) is 0 Å². The number of carbonyl (C=O) groups is 2. The van der Waals surface area contributed by atoms with E-state index in [0.717, 1.165) is 41.5 Å². The van der Waals surface area contributed by atoms with Gasteiger partial charge in [0.05, 0.1) is 5.69 Å². The van der Waals surface area contributed by atoms with Gasteiger partial charge in [-0.25, -0.2) is 32.0 Å². The first kappa shape index (κ1) is 22.8. The molecule has 0 unspecified atom stereocenters. The van der Waals surface area contributed by atoms with Crippen LogP contribution >= 0.6 is 11.3 Å². The molecule has 2 fully saturated rings. The summed E-state index contributed by atoms with van der Waals surface area (Å²) in [6.45, 7) is 0. The Hall–Kier alpha value is -3.61. The van der Waals surface area contributed by atoms with Crippen molar-refractivity contribution in [2.45, 2.75) is 50.4 Å². The Morgan fingerprint density at radius 1 is 1.03 bits per heavy atom. The van der Waals surface area contributed by atoms with Crippen LogP contribution in [0, 0.1) is 0 Å². The minimum Gasteiger partial charge on any atom is -0.365 e. The molecule has 0 spiro atoms. The summed E-state index contributed by atoms with van der Waals surface area (Å²) >= 11 is 0.813. The topological polar surface area (TPSA) is 115 Å². The van der Waals surface area contributed by atoms with Crippen molar-refractivity contribution in [2.24, 2.45) is 5.73 Å². The number of fused-ring (bicyclic) bond motifs is 2. The number of anilines is 1. The van der Waals surface area contributed by atoms with Crippen molar-refractivity contribution in [1.29, 1.82) is 0 Å². The fourth-order valence-electron chi connectivity index (χ4n) is 4.32. The van der Waals surface area contributed by atoms with Gasteiger partial charge in [0, 0.05) is 23.1 Å². The summed E-state index contributed by atoms with van der Waals surface area (Å²) in [5, 5.41) is 7.02. The lowest BCUT2D eigenvalue weighted by atomic mass is 10.0. The average molecular weight is 518 g/mol. The molecule has 4 aromatic heterocycles. The average Bonchev–Trinajstić information content (AvgIpc) is 3.76. The zero-order valence-electron chi connectivity index (χ0n) is 18.5. The molecule has 2 aliphatic carbocycles. The molecule has 8 nitrogen and oxygen atoms in total. The number of hydrogen-bond donors (Lipinski definition) is 2. The van der Waals surface area contributed by atoms with E-state index in [1.165, 1.54) is 18.2 Å². The number of halogens is 4. The third-order valence-electron chi connectivity index (χ3n) is 6.34. The normalized spacial score (nSPS) is 15.9. The van der Waals surface area contributed by atoms with Crippen LogP contribution in [0.25, 0.3) is 15.9 Å². The number of primary amides is 1. The number of nitrogens with two attached hydrogens (primary N) is 1. The second-order valence-corrected chi connectivity index (χ2v) is 10.00. The van der Waals surface area contributed by atoms with Crippen LogP contribution in [0.5, 0.6) is 0 Å². The number of nitrogens with one attached hydrogen (secondary N) is 1. The summed E-state index contributed by atoms with van der Waals surface area (Å²) in [7, 11) is 0. The summed E-state index contributed by atoms with van der Waals surface area (Å²) in [6, 6.07) is 3.89. The van der Waals surface area contributed by atoms with Gasteiger partial charge >= 0.3 is 0 Å². The molecule has 0 saturated heterocycles. The third kappa shape index (κ3) is 3.87. The lowest BCUT2D eigenvalue weighted by Gasteiger charge is -2.09. The fourth-order valence-corrected chi connectivity index (χ4v) is 5.34. The molecule has 4 aromatic rings. The summed E-state index contributed by atoms with van der Waals surface area (Å²) in [5.74, 6) is -1.54. The third-order valence-corrected chi connectivity index (χ3v) is 7.44. The Morgan fingerprint density at radius 2 is 1.75 bits per heavy atom. The van der Waals surface area contributed by atoms with Crippen molar-refractivity contribution >= 4 is 44.7 Å². The van der Waals surface area contributed by atoms with Crippen LogP contribution in [-0.2, 0) is 0 Å². The highest BCUT2D eigenvalue weighted by Crippen LogP contribution is 2.48. The van der Waals surface area contributed by atoms with E-state index in [-0.39, 0.29) is 44.3 Å². The van der Waals surface area contributed by atoms with E-state index in [1.807, 2.05) is 0 Å². The van der Waals surface area contributed by atoms with E-state index in [4.69, 9.17) is 5.73 Å². The predicted octanol–water partition coefficient (Wildman–Crippen LogP) is 5.32. The summed E-state index contributed by atoms with van der Waals surface area (Å²) < 4.78 is 55.2. The largest absolute Gasteiger partial charge is 0.365 e. The molecule has 36 heavy (non-hydrogen) atoms. The highest BCUT2D eigenvalue weighted by Gasteiger charge is 2.33. The number of aromatic nitrogens is 4. The number of pyridine rings is 1. The van der Waals surface area contributed by atoms with Crippen molar-refractivity contribution in [2.75, 3.05) is 5.32 Å². The van der Waals surface area contributed by atoms with Crippen molar-refractivity contribution in [3.05, 3.63) is 51.4 Å². The second kappa shape index (κ2) is 8.22. The van der Waals surface area contributed by atoms with Gasteiger partial charge < -0.3 is 11.1 Å². The fraction of sp³-hybridized carbons (Fsp3) is 0.348. The lowest BCUT2D eigenvalue weighted by Crippen LogP contribution is -2.17. The van der Waals surface area contributed by atoms with Gasteiger partial charge in [-0.1, -0.05) is 0 Å². The van der Waals surface area contributed by atoms with Crippen molar-refractivity contribution < 1.29 is 27.2 Å². The molecule has 13 heteroatoms. The van der Waals surface area contributed by atoms with E-state index >= 15 is 0 Å². The molecule has 4 heterocycles. The molecule has 2 saturated carbocycles. The Bertz CT molecular complexity index is 1560. The maximum atomic E-state index is 13.7. The Kier molecular flexibility index (Phi) is 5.21. The molecule has 2 aliphatic rings. The van der Waals surface area contributed by atoms with Crippen LogP contribution in [0.2, 0.25) is 0 Å². The van der Waals surface area contributed by atoms with E-state index < -0.39 is 30.4 Å². The predicted molar refractivity (Wildman–Crippen MR) is 123 cm³/mol.